The second-order valence-electron chi connectivity index (χ2n) is 4.37. The van der Waals surface area contributed by atoms with E-state index in [1.807, 2.05) is 13.8 Å². The Morgan fingerprint density at radius 1 is 1.42 bits per heavy atom. The fourth-order valence-electron chi connectivity index (χ4n) is 1.48. The van der Waals surface area contributed by atoms with Crippen molar-refractivity contribution in [3.8, 4) is 5.75 Å². The highest BCUT2D eigenvalue weighted by Gasteiger charge is 2.09. The highest BCUT2D eigenvalue weighted by Crippen LogP contribution is 2.20. The quantitative estimate of drug-likeness (QED) is 0.673. The molecular weight excluding hydrogens is 248 g/mol. The van der Waals surface area contributed by atoms with Crippen LogP contribution in [0.15, 0.2) is 18.2 Å². The average molecular weight is 266 g/mol. The second-order valence-corrected chi connectivity index (χ2v) is 4.37. The van der Waals surface area contributed by atoms with Crippen molar-refractivity contribution in [1.29, 1.82) is 0 Å². The highest BCUT2D eigenvalue weighted by molar-refractivity contribution is 5.93. The van der Waals surface area contributed by atoms with Crippen LogP contribution in [0, 0.1) is 0 Å². The smallest absolute Gasteiger partial charge is 0.337 e. The Balaban J connectivity index is 2.48. The number of carboxylic acids is 1. The molecule has 6 nitrogen and oxygen atoms in total. The molecular formula is C13H18N2O4. The van der Waals surface area contributed by atoms with E-state index in [1.165, 1.54) is 18.2 Å². The Hall–Kier alpha value is -2.24. The number of anilines is 1. The predicted molar refractivity (Wildman–Crippen MR) is 71.2 cm³/mol. The van der Waals surface area contributed by atoms with Crippen LogP contribution in [0.1, 0.15) is 30.6 Å². The van der Waals surface area contributed by atoms with Gasteiger partial charge in [0.05, 0.1) is 18.6 Å². The minimum Gasteiger partial charge on any atom is -0.493 e. The Bertz CT molecular complexity index is 472. The molecule has 1 aromatic rings. The van der Waals surface area contributed by atoms with Gasteiger partial charge < -0.3 is 20.9 Å². The largest absolute Gasteiger partial charge is 0.493 e. The van der Waals surface area contributed by atoms with Gasteiger partial charge in [-0.2, -0.15) is 0 Å². The molecule has 0 heterocycles. The number of hydrogen-bond acceptors (Lipinski definition) is 4. The third-order valence-corrected chi connectivity index (χ3v) is 2.30. The van der Waals surface area contributed by atoms with Crippen LogP contribution < -0.4 is 15.8 Å². The molecule has 19 heavy (non-hydrogen) atoms. The minimum atomic E-state index is -1.08. The van der Waals surface area contributed by atoms with Gasteiger partial charge in [0.25, 0.3) is 0 Å². The van der Waals surface area contributed by atoms with Crippen LogP contribution in [-0.4, -0.2) is 29.6 Å². The lowest BCUT2D eigenvalue weighted by Crippen LogP contribution is -2.31. The first-order valence-corrected chi connectivity index (χ1v) is 5.95. The Labute approximate surface area is 111 Å². The molecule has 1 aromatic carbocycles. The topological polar surface area (TPSA) is 102 Å². The van der Waals surface area contributed by atoms with Crippen molar-refractivity contribution in [3.05, 3.63) is 23.8 Å². The molecule has 0 saturated carbocycles. The molecule has 0 saturated heterocycles. The zero-order valence-electron chi connectivity index (χ0n) is 11.0. The van der Waals surface area contributed by atoms with E-state index in [2.05, 4.69) is 5.32 Å². The van der Waals surface area contributed by atoms with Crippen LogP contribution in [0.3, 0.4) is 0 Å². The molecule has 0 aromatic heterocycles. The molecule has 0 unspecified atom stereocenters. The number of amides is 1. The van der Waals surface area contributed by atoms with Gasteiger partial charge in [-0.15, -0.1) is 0 Å². The van der Waals surface area contributed by atoms with Crippen molar-refractivity contribution in [2.75, 3.05) is 12.3 Å². The van der Waals surface area contributed by atoms with Gasteiger partial charge in [0.15, 0.2) is 0 Å². The molecule has 0 aliphatic rings. The summed E-state index contributed by atoms with van der Waals surface area (Å²) in [5.41, 5.74) is 5.75. The van der Waals surface area contributed by atoms with E-state index in [1.54, 1.807) is 0 Å². The van der Waals surface area contributed by atoms with Gasteiger partial charge in [0, 0.05) is 17.8 Å². The number of benzene rings is 1. The van der Waals surface area contributed by atoms with Crippen LogP contribution in [0.2, 0.25) is 0 Å². The van der Waals surface area contributed by atoms with Gasteiger partial charge in [0.1, 0.15) is 5.75 Å². The fraction of sp³-hybridized carbons (Fsp3) is 0.385. The molecule has 4 N–H and O–H groups in total. The van der Waals surface area contributed by atoms with Crippen molar-refractivity contribution in [2.24, 2.45) is 0 Å². The van der Waals surface area contributed by atoms with Crippen molar-refractivity contribution in [3.63, 3.8) is 0 Å². The predicted octanol–water partition coefficient (Wildman–Crippen LogP) is 1.26. The zero-order chi connectivity index (χ0) is 14.4. The van der Waals surface area contributed by atoms with Gasteiger partial charge in [-0.1, -0.05) is 0 Å². The molecule has 0 aliphatic heterocycles. The highest BCUT2D eigenvalue weighted by atomic mass is 16.5. The van der Waals surface area contributed by atoms with E-state index in [4.69, 9.17) is 15.6 Å². The summed E-state index contributed by atoms with van der Waals surface area (Å²) < 4.78 is 5.34. The van der Waals surface area contributed by atoms with Gasteiger partial charge in [0.2, 0.25) is 5.91 Å². The molecule has 1 amide bonds. The lowest BCUT2D eigenvalue weighted by Gasteiger charge is -2.10. The molecule has 0 aliphatic carbocycles. The van der Waals surface area contributed by atoms with Crippen molar-refractivity contribution >= 4 is 17.6 Å². The third kappa shape index (κ3) is 4.87. The van der Waals surface area contributed by atoms with Crippen molar-refractivity contribution in [2.45, 2.75) is 26.3 Å². The van der Waals surface area contributed by atoms with Crippen molar-refractivity contribution < 1.29 is 19.4 Å². The summed E-state index contributed by atoms with van der Waals surface area (Å²) in [6.45, 7) is 3.97. The number of rotatable bonds is 6. The maximum atomic E-state index is 11.4. The first kappa shape index (κ1) is 14.8. The summed E-state index contributed by atoms with van der Waals surface area (Å²) in [5, 5.41) is 11.6. The van der Waals surface area contributed by atoms with Crippen LogP contribution in [0.5, 0.6) is 5.75 Å². The summed E-state index contributed by atoms with van der Waals surface area (Å²) in [4.78, 5) is 22.1. The SMILES string of the molecule is CC(C)NC(=O)CCOc1ccc(C(=O)O)c(N)c1. The lowest BCUT2D eigenvalue weighted by atomic mass is 10.2. The number of carbonyl (C=O) groups is 2. The van der Waals surface area contributed by atoms with Crippen LogP contribution in [0.25, 0.3) is 0 Å². The maximum absolute atomic E-state index is 11.4. The molecule has 0 radical (unpaired) electrons. The Morgan fingerprint density at radius 2 is 2.11 bits per heavy atom. The Morgan fingerprint density at radius 3 is 2.63 bits per heavy atom. The van der Waals surface area contributed by atoms with E-state index in [0.717, 1.165) is 0 Å². The number of aromatic carboxylic acids is 1. The normalized spacial score (nSPS) is 10.3. The first-order valence-electron chi connectivity index (χ1n) is 5.95. The number of hydrogen-bond donors (Lipinski definition) is 3. The number of carboxylic acid groups (broad SMARTS) is 1. The third-order valence-electron chi connectivity index (χ3n) is 2.30. The van der Waals surface area contributed by atoms with E-state index in [-0.39, 0.29) is 36.2 Å². The van der Waals surface area contributed by atoms with E-state index >= 15 is 0 Å². The molecule has 0 bridgehead atoms. The maximum Gasteiger partial charge on any atom is 0.337 e. The van der Waals surface area contributed by atoms with Gasteiger partial charge in [-0.05, 0) is 26.0 Å². The van der Waals surface area contributed by atoms with Crippen LogP contribution >= 0.6 is 0 Å². The number of nitrogens with one attached hydrogen (secondary N) is 1. The first-order chi connectivity index (χ1) is 8.90. The summed E-state index contributed by atoms with van der Waals surface area (Å²) in [5.74, 6) is -0.731. The van der Waals surface area contributed by atoms with Gasteiger partial charge >= 0.3 is 5.97 Å². The number of nitrogen functional groups attached to an aromatic ring is 1. The van der Waals surface area contributed by atoms with E-state index < -0.39 is 5.97 Å². The van der Waals surface area contributed by atoms with Crippen LogP contribution in [-0.2, 0) is 4.79 Å². The zero-order valence-corrected chi connectivity index (χ0v) is 11.0. The molecule has 6 heteroatoms. The standard InChI is InChI=1S/C13H18N2O4/c1-8(2)15-12(16)5-6-19-9-3-4-10(13(17)18)11(14)7-9/h3-4,7-8H,5-6,14H2,1-2H3,(H,15,16)(H,17,18). The van der Waals surface area contributed by atoms with E-state index in [0.29, 0.717) is 5.75 Å². The summed E-state index contributed by atoms with van der Waals surface area (Å²) >= 11 is 0. The minimum absolute atomic E-state index is 0.0323. The van der Waals surface area contributed by atoms with Crippen LogP contribution in [0.4, 0.5) is 5.69 Å². The van der Waals surface area contributed by atoms with E-state index in [9.17, 15) is 9.59 Å². The molecule has 0 fully saturated rings. The monoisotopic (exact) mass is 266 g/mol. The fourth-order valence-corrected chi connectivity index (χ4v) is 1.48. The lowest BCUT2D eigenvalue weighted by molar-refractivity contribution is -0.122. The molecule has 0 atom stereocenters. The number of carbonyl (C=O) groups excluding carboxylic acids is 1. The second kappa shape index (κ2) is 6.63. The van der Waals surface area contributed by atoms with Gasteiger partial charge in [-0.25, -0.2) is 4.79 Å². The molecule has 104 valence electrons. The van der Waals surface area contributed by atoms with Gasteiger partial charge in [-0.3, -0.25) is 4.79 Å². The summed E-state index contributed by atoms with van der Waals surface area (Å²) in [6, 6.07) is 4.42. The average Bonchev–Trinajstić information content (AvgIpc) is 2.27. The number of ether oxygens (including phenoxy) is 1. The summed E-state index contributed by atoms with van der Waals surface area (Å²) in [6.07, 6.45) is 0.235. The molecule has 1 rings (SSSR count). The van der Waals surface area contributed by atoms with Crippen molar-refractivity contribution in [1.82, 2.24) is 5.32 Å². The molecule has 0 spiro atoms. The Kier molecular flexibility index (Phi) is 5.17. The number of nitrogens with two attached hydrogens (primary N) is 1. The summed E-state index contributed by atoms with van der Waals surface area (Å²) in [7, 11) is 0.